The summed E-state index contributed by atoms with van der Waals surface area (Å²) in [5, 5.41) is 9.76. The first-order valence-corrected chi connectivity index (χ1v) is 5.68. The molecule has 0 aliphatic rings. The highest BCUT2D eigenvalue weighted by molar-refractivity contribution is 6.30. The van der Waals surface area contributed by atoms with Crippen molar-refractivity contribution in [2.24, 2.45) is 0 Å². The predicted octanol–water partition coefficient (Wildman–Crippen LogP) is 2.16. The van der Waals surface area contributed by atoms with E-state index in [-0.39, 0.29) is 6.61 Å². The zero-order chi connectivity index (χ0) is 12.0. The molecule has 16 heavy (non-hydrogen) atoms. The molecule has 0 saturated carbocycles. The highest BCUT2D eigenvalue weighted by atomic mass is 35.5. The van der Waals surface area contributed by atoms with Gasteiger partial charge in [0, 0.05) is 17.1 Å². The molecular formula is C12H18ClNO2. The first-order chi connectivity index (χ1) is 7.63. The fraction of sp³-hybridized carbons (Fsp3) is 0.500. The van der Waals surface area contributed by atoms with Gasteiger partial charge in [-0.05, 0) is 38.7 Å². The zero-order valence-electron chi connectivity index (χ0n) is 9.74. The molecule has 0 aromatic heterocycles. The lowest BCUT2D eigenvalue weighted by molar-refractivity contribution is 0.253. The monoisotopic (exact) mass is 243 g/mol. The lowest BCUT2D eigenvalue weighted by Crippen LogP contribution is -2.15. The van der Waals surface area contributed by atoms with Crippen LogP contribution in [0.2, 0.25) is 5.02 Å². The summed E-state index contributed by atoms with van der Waals surface area (Å²) in [6, 6.07) is 5.29. The Morgan fingerprint density at radius 2 is 2.12 bits per heavy atom. The molecule has 0 bridgehead atoms. The van der Waals surface area contributed by atoms with Gasteiger partial charge in [-0.1, -0.05) is 11.6 Å². The molecule has 0 fully saturated rings. The minimum Gasteiger partial charge on any atom is -0.493 e. The molecule has 0 unspecified atom stereocenters. The number of ether oxygens (including phenoxy) is 1. The molecular weight excluding hydrogens is 226 g/mol. The smallest absolute Gasteiger partial charge is 0.124 e. The maximum Gasteiger partial charge on any atom is 0.124 e. The normalized spacial score (nSPS) is 10.8. The van der Waals surface area contributed by atoms with E-state index in [1.807, 2.05) is 14.1 Å². The average Bonchev–Trinajstić information content (AvgIpc) is 2.25. The van der Waals surface area contributed by atoms with Crippen LogP contribution in [0.3, 0.4) is 0 Å². The van der Waals surface area contributed by atoms with Gasteiger partial charge in [-0.3, -0.25) is 0 Å². The summed E-state index contributed by atoms with van der Waals surface area (Å²) >= 11 is 5.83. The summed E-state index contributed by atoms with van der Waals surface area (Å²) in [6.45, 7) is 1.58. The summed E-state index contributed by atoms with van der Waals surface area (Å²) in [6.07, 6.45) is 0.959. The van der Waals surface area contributed by atoms with Crippen LogP contribution >= 0.6 is 11.6 Å². The van der Waals surface area contributed by atoms with Crippen LogP contribution in [0.25, 0.3) is 0 Å². The number of hydrogen-bond donors (Lipinski definition) is 1. The van der Waals surface area contributed by atoms with Crippen molar-refractivity contribution in [2.75, 3.05) is 27.2 Å². The second kappa shape index (κ2) is 6.74. The molecule has 0 saturated heterocycles. The van der Waals surface area contributed by atoms with Crippen LogP contribution in [0, 0.1) is 0 Å². The molecule has 1 aromatic carbocycles. The third kappa shape index (κ3) is 4.39. The summed E-state index contributed by atoms with van der Waals surface area (Å²) in [5.41, 5.74) is 0.734. The van der Waals surface area contributed by atoms with Crippen LogP contribution < -0.4 is 4.74 Å². The largest absolute Gasteiger partial charge is 0.493 e. The minimum absolute atomic E-state index is 0.0520. The van der Waals surface area contributed by atoms with Gasteiger partial charge < -0.3 is 14.7 Å². The molecule has 0 spiro atoms. The number of rotatable bonds is 6. The maximum atomic E-state index is 9.14. The Balaban J connectivity index is 2.47. The maximum absolute atomic E-state index is 9.14. The van der Waals surface area contributed by atoms with E-state index in [4.69, 9.17) is 21.4 Å². The number of aliphatic hydroxyl groups excluding tert-OH is 1. The van der Waals surface area contributed by atoms with Crippen LogP contribution in [-0.2, 0) is 6.61 Å². The van der Waals surface area contributed by atoms with Gasteiger partial charge in [0.1, 0.15) is 5.75 Å². The molecule has 0 aliphatic carbocycles. The SMILES string of the molecule is CN(C)CCCOc1ccc(Cl)cc1CO. The Morgan fingerprint density at radius 3 is 2.75 bits per heavy atom. The third-order valence-corrected chi connectivity index (χ3v) is 2.44. The van der Waals surface area contributed by atoms with Crippen molar-refractivity contribution in [3.63, 3.8) is 0 Å². The number of halogens is 1. The summed E-state index contributed by atoms with van der Waals surface area (Å²) < 4.78 is 5.59. The standard InChI is InChI=1S/C12H18ClNO2/c1-14(2)6-3-7-16-12-5-4-11(13)8-10(12)9-15/h4-5,8,15H,3,6-7,9H2,1-2H3. The van der Waals surface area contributed by atoms with Crippen LogP contribution in [0.4, 0.5) is 0 Å². The minimum atomic E-state index is -0.0520. The summed E-state index contributed by atoms with van der Waals surface area (Å²) in [4.78, 5) is 2.11. The van der Waals surface area contributed by atoms with Gasteiger partial charge in [0.25, 0.3) is 0 Å². The van der Waals surface area contributed by atoms with E-state index in [0.717, 1.165) is 18.5 Å². The van der Waals surface area contributed by atoms with Crippen LogP contribution in [0.1, 0.15) is 12.0 Å². The molecule has 0 heterocycles. The second-order valence-electron chi connectivity index (χ2n) is 3.92. The lowest BCUT2D eigenvalue weighted by atomic mass is 10.2. The van der Waals surface area contributed by atoms with Crippen molar-refractivity contribution < 1.29 is 9.84 Å². The molecule has 3 nitrogen and oxygen atoms in total. The van der Waals surface area contributed by atoms with Crippen LogP contribution in [-0.4, -0.2) is 37.3 Å². The van der Waals surface area contributed by atoms with E-state index in [1.54, 1.807) is 18.2 Å². The van der Waals surface area contributed by atoms with Crippen molar-refractivity contribution in [3.05, 3.63) is 28.8 Å². The number of benzene rings is 1. The Morgan fingerprint density at radius 1 is 1.38 bits per heavy atom. The molecule has 1 aromatic rings. The molecule has 90 valence electrons. The van der Waals surface area contributed by atoms with E-state index in [1.165, 1.54) is 0 Å². The van der Waals surface area contributed by atoms with Gasteiger partial charge in [-0.25, -0.2) is 0 Å². The van der Waals surface area contributed by atoms with E-state index in [9.17, 15) is 0 Å². The van der Waals surface area contributed by atoms with Gasteiger partial charge in [-0.2, -0.15) is 0 Å². The van der Waals surface area contributed by atoms with Crippen molar-refractivity contribution in [1.82, 2.24) is 4.90 Å². The number of aliphatic hydroxyl groups is 1. The van der Waals surface area contributed by atoms with Crippen LogP contribution in [0.15, 0.2) is 18.2 Å². The van der Waals surface area contributed by atoms with E-state index in [0.29, 0.717) is 17.4 Å². The lowest BCUT2D eigenvalue weighted by Gasteiger charge is -2.12. The summed E-state index contributed by atoms with van der Waals surface area (Å²) in [5.74, 6) is 0.714. The topological polar surface area (TPSA) is 32.7 Å². The molecule has 1 N–H and O–H groups in total. The predicted molar refractivity (Wildman–Crippen MR) is 66.0 cm³/mol. The van der Waals surface area contributed by atoms with E-state index in [2.05, 4.69) is 4.90 Å². The van der Waals surface area contributed by atoms with Gasteiger partial charge in [0.15, 0.2) is 0 Å². The first kappa shape index (κ1) is 13.3. The third-order valence-electron chi connectivity index (χ3n) is 2.20. The molecule has 0 radical (unpaired) electrons. The van der Waals surface area contributed by atoms with Gasteiger partial charge in [0.2, 0.25) is 0 Å². The Kier molecular flexibility index (Phi) is 5.60. The highest BCUT2D eigenvalue weighted by Gasteiger charge is 2.03. The van der Waals surface area contributed by atoms with E-state index < -0.39 is 0 Å². The molecule has 1 rings (SSSR count). The molecule has 0 atom stereocenters. The second-order valence-corrected chi connectivity index (χ2v) is 4.35. The van der Waals surface area contributed by atoms with E-state index >= 15 is 0 Å². The highest BCUT2D eigenvalue weighted by Crippen LogP contribution is 2.22. The van der Waals surface area contributed by atoms with Crippen molar-refractivity contribution in [3.8, 4) is 5.75 Å². The van der Waals surface area contributed by atoms with Crippen molar-refractivity contribution in [2.45, 2.75) is 13.0 Å². The zero-order valence-corrected chi connectivity index (χ0v) is 10.5. The molecule has 0 aliphatic heterocycles. The van der Waals surface area contributed by atoms with Gasteiger partial charge in [0.05, 0.1) is 13.2 Å². The summed E-state index contributed by atoms with van der Waals surface area (Å²) in [7, 11) is 4.06. The Bertz CT molecular complexity index is 329. The van der Waals surface area contributed by atoms with Crippen molar-refractivity contribution >= 4 is 11.6 Å². The quantitative estimate of drug-likeness (QED) is 0.778. The fourth-order valence-corrected chi connectivity index (χ4v) is 1.57. The van der Waals surface area contributed by atoms with Gasteiger partial charge >= 0.3 is 0 Å². The fourth-order valence-electron chi connectivity index (χ4n) is 1.38. The van der Waals surface area contributed by atoms with Gasteiger partial charge in [-0.15, -0.1) is 0 Å². The number of nitrogens with zero attached hydrogens (tertiary/aromatic N) is 1. The number of hydrogen-bond acceptors (Lipinski definition) is 3. The molecule has 4 heteroatoms. The average molecular weight is 244 g/mol. The van der Waals surface area contributed by atoms with Crippen LogP contribution in [0.5, 0.6) is 5.75 Å². The Hall–Kier alpha value is -0.770. The molecule has 0 amide bonds. The Labute approximate surface area is 102 Å². The van der Waals surface area contributed by atoms with Crippen molar-refractivity contribution in [1.29, 1.82) is 0 Å². The first-order valence-electron chi connectivity index (χ1n) is 5.30.